The van der Waals surface area contributed by atoms with Crippen LogP contribution in [0.2, 0.25) is 0 Å². The van der Waals surface area contributed by atoms with Crippen molar-refractivity contribution in [1.29, 1.82) is 0 Å². The molecule has 0 atom stereocenters. The molecule has 0 unspecified atom stereocenters. The molecule has 0 radical (unpaired) electrons. The number of nitrogens with zero attached hydrogens (tertiary/aromatic N) is 1. The third-order valence-electron chi connectivity index (χ3n) is 2.62. The maximum Gasteiger partial charge on any atom is 0.0932 e. The van der Waals surface area contributed by atoms with Gasteiger partial charge in [-0.2, -0.15) is 0 Å². The summed E-state index contributed by atoms with van der Waals surface area (Å²) in [7, 11) is 0. The molecule has 14 heavy (non-hydrogen) atoms. The molecular weight excluding hydrogens is 210 g/mol. The second-order valence-corrected chi connectivity index (χ2v) is 5.66. The highest BCUT2D eigenvalue weighted by Crippen LogP contribution is 2.38. The van der Waals surface area contributed by atoms with Crippen molar-refractivity contribution < 1.29 is 0 Å². The first-order chi connectivity index (χ1) is 6.88. The summed E-state index contributed by atoms with van der Waals surface area (Å²) in [5.74, 6) is 0. The number of hydrogen-bond donors (Lipinski definition) is 0. The zero-order valence-corrected chi connectivity index (χ0v) is 9.67. The average Bonchev–Trinajstić information content (AvgIpc) is 2.82. The summed E-state index contributed by atoms with van der Waals surface area (Å²) >= 11 is 3.77. The average molecular weight is 221 g/mol. The summed E-state index contributed by atoms with van der Waals surface area (Å²) in [5, 5.41) is 3.47. The van der Waals surface area contributed by atoms with Crippen molar-refractivity contribution in [3.8, 4) is 11.3 Å². The highest BCUT2D eigenvalue weighted by Gasteiger charge is 2.20. The van der Waals surface area contributed by atoms with E-state index >= 15 is 0 Å². The predicted octanol–water partition coefficient (Wildman–Crippen LogP) is 3.53. The standard InChI is InChI=1S/C11H11NS2/c1-2-10-12-11-7-5-6-13-8(7)3-4-9(11)14-10/h5-6H,2-4H2,1H3. The number of rotatable bonds is 1. The van der Waals surface area contributed by atoms with Crippen LogP contribution in [-0.4, -0.2) is 4.98 Å². The van der Waals surface area contributed by atoms with Crippen LogP contribution in [0.1, 0.15) is 21.7 Å². The van der Waals surface area contributed by atoms with Crippen molar-refractivity contribution in [3.05, 3.63) is 26.2 Å². The van der Waals surface area contributed by atoms with Gasteiger partial charge < -0.3 is 0 Å². The van der Waals surface area contributed by atoms with Crippen LogP contribution in [0.3, 0.4) is 0 Å². The van der Waals surface area contributed by atoms with Crippen LogP contribution in [0, 0.1) is 0 Å². The Morgan fingerprint density at radius 2 is 2.21 bits per heavy atom. The van der Waals surface area contributed by atoms with Crippen molar-refractivity contribution in [2.24, 2.45) is 0 Å². The molecule has 0 aromatic carbocycles. The minimum atomic E-state index is 1.07. The Hall–Kier alpha value is -0.670. The Labute approximate surface area is 91.4 Å². The van der Waals surface area contributed by atoms with Gasteiger partial charge in [-0.3, -0.25) is 0 Å². The van der Waals surface area contributed by atoms with Crippen molar-refractivity contribution in [1.82, 2.24) is 4.98 Å². The molecule has 1 nitrogen and oxygen atoms in total. The lowest BCUT2D eigenvalue weighted by Gasteiger charge is -2.09. The Morgan fingerprint density at radius 1 is 1.36 bits per heavy atom. The van der Waals surface area contributed by atoms with Gasteiger partial charge in [-0.05, 0) is 30.7 Å². The summed E-state index contributed by atoms with van der Waals surface area (Å²) in [6.45, 7) is 2.18. The van der Waals surface area contributed by atoms with E-state index in [2.05, 4.69) is 18.4 Å². The molecule has 0 fully saturated rings. The van der Waals surface area contributed by atoms with Crippen LogP contribution in [0.25, 0.3) is 11.3 Å². The lowest BCUT2D eigenvalue weighted by molar-refractivity contribution is 0.975. The molecule has 0 saturated carbocycles. The molecule has 1 aliphatic rings. The first kappa shape index (κ1) is 8.62. The zero-order chi connectivity index (χ0) is 9.54. The largest absolute Gasteiger partial charge is 0.241 e. The smallest absolute Gasteiger partial charge is 0.0932 e. The van der Waals surface area contributed by atoms with E-state index in [1.807, 2.05) is 22.7 Å². The molecule has 0 bridgehead atoms. The van der Waals surface area contributed by atoms with Gasteiger partial charge in [0.05, 0.1) is 10.7 Å². The van der Waals surface area contributed by atoms with Crippen molar-refractivity contribution >= 4 is 22.7 Å². The number of fused-ring (bicyclic) bond motifs is 3. The molecule has 3 rings (SSSR count). The molecule has 72 valence electrons. The molecule has 0 N–H and O–H groups in total. The van der Waals surface area contributed by atoms with Gasteiger partial charge in [-0.25, -0.2) is 4.98 Å². The van der Waals surface area contributed by atoms with Crippen LogP contribution in [0.4, 0.5) is 0 Å². The minimum absolute atomic E-state index is 1.07. The van der Waals surface area contributed by atoms with E-state index in [9.17, 15) is 0 Å². The molecule has 0 spiro atoms. The molecule has 0 amide bonds. The maximum absolute atomic E-state index is 4.71. The van der Waals surface area contributed by atoms with Gasteiger partial charge >= 0.3 is 0 Å². The lowest BCUT2D eigenvalue weighted by Crippen LogP contribution is -1.97. The number of aryl methyl sites for hydroxylation is 3. The van der Waals surface area contributed by atoms with E-state index in [1.54, 1.807) is 0 Å². The Kier molecular flexibility index (Phi) is 1.96. The Bertz CT molecular complexity index is 467. The van der Waals surface area contributed by atoms with Gasteiger partial charge in [0.15, 0.2) is 0 Å². The molecule has 0 aliphatic heterocycles. The summed E-state index contributed by atoms with van der Waals surface area (Å²) in [6, 6.07) is 2.22. The Morgan fingerprint density at radius 3 is 3.07 bits per heavy atom. The van der Waals surface area contributed by atoms with Gasteiger partial charge in [-0.15, -0.1) is 22.7 Å². The first-order valence-corrected chi connectivity index (χ1v) is 6.63. The highest BCUT2D eigenvalue weighted by molar-refractivity contribution is 7.12. The minimum Gasteiger partial charge on any atom is -0.241 e. The second-order valence-electron chi connectivity index (χ2n) is 3.49. The van der Waals surface area contributed by atoms with Crippen LogP contribution >= 0.6 is 22.7 Å². The van der Waals surface area contributed by atoms with Crippen LogP contribution in [-0.2, 0) is 19.3 Å². The van der Waals surface area contributed by atoms with E-state index in [0.717, 1.165) is 6.42 Å². The quantitative estimate of drug-likeness (QED) is 0.718. The first-order valence-electron chi connectivity index (χ1n) is 4.94. The second kappa shape index (κ2) is 3.17. The van der Waals surface area contributed by atoms with E-state index in [4.69, 9.17) is 4.98 Å². The van der Waals surface area contributed by atoms with Gasteiger partial charge in [0.2, 0.25) is 0 Å². The van der Waals surface area contributed by atoms with Crippen molar-refractivity contribution in [2.75, 3.05) is 0 Å². The highest BCUT2D eigenvalue weighted by atomic mass is 32.1. The maximum atomic E-state index is 4.71. The molecule has 2 heterocycles. The zero-order valence-electron chi connectivity index (χ0n) is 8.04. The lowest BCUT2D eigenvalue weighted by atomic mass is 10.0. The predicted molar refractivity (Wildman–Crippen MR) is 62.2 cm³/mol. The molecule has 3 heteroatoms. The summed E-state index contributed by atoms with van der Waals surface area (Å²) in [5.41, 5.74) is 2.67. The monoisotopic (exact) mass is 221 g/mol. The molecule has 2 aromatic rings. The topological polar surface area (TPSA) is 12.9 Å². The molecule has 0 saturated heterocycles. The summed E-state index contributed by atoms with van der Waals surface area (Å²) < 4.78 is 0. The summed E-state index contributed by atoms with van der Waals surface area (Å²) in [6.07, 6.45) is 3.48. The number of hydrogen-bond acceptors (Lipinski definition) is 3. The number of thiazole rings is 1. The van der Waals surface area contributed by atoms with Crippen molar-refractivity contribution in [3.63, 3.8) is 0 Å². The summed E-state index contributed by atoms with van der Waals surface area (Å²) in [4.78, 5) is 7.72. The molecule has 2 aromatic heterocycles. The SMILES string of the molecule is CCc1nc2c(s1)CCc1sccc1-2. The third kappa shape index (κ3) is 1.16. The van der Waals surface area contributed by atoms with Crippen molar-refractivity contribution in [2.45, 2.75) is 26.2 Å². The van der Waals surface area contributed by atoms with E-state index in [-0.39, 0.29) is 0 Å². The van der Waals surface area contributed by atoms with Gasteiger partial charge in [0, 0.05) is 15.3 Å². The number of aromatic nitrogens is 1. The van der Waals surface area contributed by atoms with E-state index in [1.165, 1.54) is 38.9 Å². The van der Waals surface area contributed by atoms with E-state index in [0.29, 0.717) is 0 Å². The third-order valence-corrected chi connectivity index (χ3v) is 4.86. The normalized spacial score (nSPS) is 13.8. The van der Waals surface area contributed by atoms with Gasteiger partial charge in [-0.1, -0.05) is 6.92 Å². The van der Waals surface area contributed by atoms with Crippen LogP contribution in [0.15, 0.2) is 11.4 Å². The molecule has 1 aliphatic carbocycles. The van der Waals surface area contributed by atoms with Crippen LogP contribution in [0.5, 0.6) is 0 Å². The molecular formula is C11H11NS2. The number of thiophene rings is 1. The van der Waals surface area contributed by atoms with Gasteiger partial charge in [0.1, 0.15) is 0 Å². The van der Waals surface area contributed by atoms with E-state index < -0.39 is 0 Å². The fourth-order valence-corrected chi connectivity index (χ4v) is 3.81. The van der Waals surface area contributed by atoms with Gasteiger partial charge in [0.25, 0.3) is 0 Å². The van der Waals surface area contributed by atoms with Crippen LogP contribution < -0.4 is 0 Å². The fraction of sp³-hybridized carbons (Fsp3) is 0.364. The fourth-order valence-electron chi connectivity index (χ4n) is 1.90. The Balaban J connectivity index is 2.20.